The lowest BCUT2D eigenvalue weighted by Crippen LogP contribution is -2.50. The molecule has 0 atom stereocenters. The first-order valence-electron chi connectivity index (χ1n) is 9.02. The Kier molecular flexibility index (Phi) is 5.44. The van der Waals surface area contributed by atoms with Gasteiger partial charge in [-0.25, -0.2) is 4.68 Å². The third kappa shape index (κ3) is 3.74. The van der Waals surface area contributed by atoms with Crippen molar-refractivity contribution in [2.75, 3.05) is 26.2 Å². The standard InChI is InChI=1S/C19H21F3N4O2/c1-3-16(27)24-8-10-25(11-9-24)18(28)14-12-23-26(17(14)19(20,21)22)15-7-5-4-6-13(15)2/h4-7,12H,3,8-11H2,1-2H3. The van der Waals surface area contributed by atoms with Crippen molar-refractivity contribution in [2.45, 2.75) is 26.4 Å². The Bertz CT molecular complexity index is 884. The van der Waals surface area contributed by atoms with E-state index in [-0.39, 0.29) is 24.7 Å². The smallest absolute Gasteiger partial charge is 0.339 e. The Balaban J connectivity index is 1.92. The summed E-state index contributed by atoms with van der Waals surface area (Å²) in [5, 5.41) is 3.87. The molecule has 0 N–H and O–H groups in total. The van der Waals surface area contributed by atoms with Crippen LogP contribution in [-0.2, 0) is 11.0 Å². The van der Waals surface area contributed by atoms with Crippen molar-refractivity contribution in [2.24, 2.45) is 0 Å². The molecule has 0 unspecified atom stereocenters. The van der Waals surface area contributed by atoms with Crippen molar-refractivity contribution in [1.82, 2.24) is 19.6 Å². The van der Waals surface area contributed by atoms with E-state index >= 15 is 0 Å². The summed E-state index contributed by atoms with van der Waals surface area (Å²) in [6.45, 7) is 4.43. The molecule has 0 saturated carbocycles. The molecule has 0 bridgehead atoms. The van der Waals surface area contributed by atoms with Gasteiger partial charge in [0, 0.05) is 32.6 Å². The van der Waals surface area contributed by atoms with Gasteiger partial charge in [-0.2, -0.15) is 18.3 Å². The maximum atomic E-state index is 13.8. The highest BCUT2D eigenvalue weighted by Crippen LogP contribution is 2.34. The number of rotatable bonds is 3. The lowest BCUT2D eigenvalue weighted by molar-refractivity contribution is -0.143. The molecule has 1 aliphatic rings. The van der Waals surface area contributed by atoms with Crippen LogP contribution in [0.2, 0.25) is 0 Å². The molecular formula is C19H21F3N4O2. The normalized spacial score (nSPS) is 15.0. The lowest BCUT2D eigenvalue weighted by Gasteiger charge is -2.34. The molecular weight excluding hydrogens is 373 g/mol. The number of piperazine rings is 1. The molecule has 0 aliphatic carbocycles. The number of carbonyl (C=O) groups is 2. The Hall–Kier alpha value is -2.84. The first-order valence-corrected chi connectivity index (χ1v) is 9.02. The minimum absolute atomic E-state index is 0.0320. The van der Waals surface area contributed by atoms with Crippen LogP contribution < -0.4 is 0 Å². The van der Waals surface area contributed by atoms with Gasteiger partial charge in [-0.15, -0.1) is 0 Å². The van der Waals surface area contributed by atoms with E-state index in [1.165, 1.54) is 11.0 Å². The molecule has 1 aromatic heterocycles. The fourth-order valence-corrected chi connectivity index (χ4v) is 3.31. The van der Waals surface area contributed by atoms with Gasteiger partial charge in [0.2, 0.25) is 5.91 Å². The van der Waals surface area contributed by atoms with E-state index < -0.39 is 23.3 Å². The molecule has 0 spiro atoms. The number of aromatic nitrogens is 2. The second-order valence-corrected chi connectivity index (χ2v) is 6.63. The van der Waals surface area contributed by atoms with Gasteiger partial charge in [-0.1, -0.05) is 25.1 Å². The molecule has 1 aliphatic heterocycles. The summed E-state index contributed by atoms with van der Waals surface area (Å²) in [5.41, 5.74) is -0.682. The molecule has 3 rings (SSSR count). The quantitative estimate of drug-likeness (QED) is 0.804. The van der Waals surface area contributed by atoms with E-state index in [1.807, 2.05) is 0 Å². The molecule has 6 nitrogen and oxygen atoms in total. The minimum Gasteiger partial charge on any atom is -0.339 e. The zero-order valence-electron chi connectivity index (χ0n) is 15.7. The first-order chi connectivity index (χ1) is 13.2. The van der Waals surface area contributed by atoms with Crippen LogP contribution in [0.1, 0.15) is 35.0 Å². The molecule has 9 heteroatoms. The Morgan fingerprint density at radius 2 is 1.68 bits per heavy atom. The van der Waals surface area contributed by atoms with Crippen molar-refractivity contribution in [3.63, 3.8) is 0 Å². The van der Waals surface area contributed by atoms with Gasteiger partial charge in [-0.3, -0.25) is 9.59 Å². The summed E-state index contributed by atoms with van der Waals surface area (Å²) in [4.78, 5) is 27.5. The third-order valence-electron chi connectivity index (χ3n) is 4.83. The Morgan fingerprint density at radius 3 is 2.25 bits per heavy atom. The average molecular weight is 394 g/mol. The molecule has 1 saturated heterocycles. The van der Waals surface area contributed by atoms with Crippen LogP contribution in [0.4, 0.5) is 13.2 Å². The minimum atomic E-state index is -4.75. The van der Waals surface area contributed by atoms with Crippen LogP contribution in [0, 0.1) is 6.92 Å². The molecule has 28 heavy (non-hydrogen) atoms. The van der Waals surface area contributed by atoms with E-state index in [4.69, 9.17) is 0 Å². The van der Waals surface area contributed by atoms with Crippen molar-refractivity contribution >= 4 is 11.8 Å². The van der Waals surface area contributed by atoms with Crippen LogP contribution in [0.3, 0.4) is 0 Å². The summed E-state index contributed by atoms with van der Waals surface area (Å²) in [7, 11) is 0. The number of nitrogens with zero attached hydrogens (tertiary/aromatic N) is 4. The molecule has 2 heterocycles. The highest BCUT2D eigenvalue weighted by atomic mass is 19.4. The number of benzene rings is 1. The number of amides is 2. The molecule has 1 aromatic carbocycles. The van der Waals surface area contributed by atoms with Crippen LogP contribution >= 0.6 is 0 Å². The van der Waals surface area contributed by atoms with Gasteiger partial charge < -0.3 is 9.80 Å². The zero-order chi connectivity index (χ0) is 20.5. The predicted molar refractivity (Wildman–Crippen MR) is 96.1 cm³/mol. The predicted octanol–water partition coefficient (Wildman–Crippen LogP) is 2.89. The third-order valence-corrected chi connectivity index (χ3v) is 4.83. The fraction of sp³-hybridized carbons (Fsp3) is 0.421. The summed E-state index contributed by atoms with van der Waals surface area (Å²) in [5.74, 6) is -0.758. The lowest BCUT2D eigenvalue weighted by atomic mass is 10.1. The van der Waals surface area contributed by atoms with Crippen LogP contribution in [0.25, 0.3) is 5.69 Å². The van der Waals surface area contributed by atoms with E-state index in [1.54, 1.807) is 36.9 Å². The number of aryl methyl sites for hydroxylation is 1. The van der Waals surface area contributed by atoms with Crippen LogP contribution in [-0.4, -0.2) is 57.6 Å². The summed E-state index contributed by atoms with van der Waals surface area (Å²) >= 11 is 0. The van der Waals surface area contributed by atoms with E-state index in [9.17, 15) is 22.8 Å². The maximum Gasteiger partial charge on any atom is 0.434 e. The van der Waals surface area contributed by atoms with Crippen molar-refractivity contribution in [1.29, 1.82) is 0 Å². The summed E-state index contributed by atoms with van der Waals surface area (Å²) in [6.07, 6.45) is -3.42. The first kappa shape index (κ1) is 19.9. The number of carbonyl (C=O) groups excluding carboxylic acids is 2. The summed E-state index contributed by atoms with van der Waals surface area (Å²) < 4.78 is 42.2. The van der Waals surface area contributed by atoms with Gasteiger partial charge in [-0.05, 0) is 18.6 Å². The topological polar surface area (TPSA) is 58.4 Å². The van der Waals surface area contributed by atoms with Gasteiger partial charge >= 0.3 is 6.18 Å². The van der Waals surface area contributed by atoms with Crippen molar-refractivity contribution in [3.05, 3.63) is 47.3 Å². The molecule has 2 amide bonds. The van der Waals surface area contributed by atoms with E-state index in [0.717, 1.165) is 10.9 Å². The van der Waals surface area contributed by atoms with Crippen molar-refractivity contribution < 1.29 is 22.8 Å². The average Bonchev–Trinajstić information content (AvgIpc) is 3.12. The highest BCUT2D eigenvalue weighted by molar-refractivity contribution is 5.95. The van der Waals surface area contributed by atoms with Crippen molar-refractivity contribution in [3.8, 4) is 5.69 Å². The van der Waals surface area contributed by atoms with Gasteiger partial charge in [0.1, 0.15) is 0 Å². The number of alkyl halides is 3. The number of halogens is 3. The molecule has 150 valence electrons. The highest BCUT2D eigenvalue weighted by Gasteiger charge is 2.42. The number of para-hydroxylation sites is 1. The summed E-state index contributed by atoms with van der Waals surface area (Å²) in [6, 6.07) is 6.55. The van der Waals surface area contributed by atoms with Crippen LogP contribution in [0.15, 0.2) is 30.5 Å². The fourth-order valence-electron chi connectivity index (χ4n) is 3.31. The maximum absolute atomic E-state index is 13.8. The molecule has 2 aromatic rings. The Morgan fingerprint density at radius 1 is 1.07 bits per heavy atom. The molecule has 1 fully saturated rings. The van der Waals surface area contributed by atoms with Gasteiger partial charge in [0.15, 0.2) is 5.69 Å². The second-order valence-electron chi connectivity index (χ2n) is 6.63. The van der Waals surface area contributed by atoms with E-state index in [2.05, 4.69) is 5.10 Å². The largest absolute Gasteiger partial charge is 0.434 e. The molecule has 0 radical (unpaired) electrons. The number of hydrogen-bond donors (Lipinski definition) is 0. The zero-order valence-corrected chi connectivity index (χ0v) is 15.7. The second kappa shape index (κ2) is 7.65. The van der Waals surface area contributed by atoms with Gasteiger partial charge in [0.25, 0.3) is 5.91 Å². The van der Waals surface area contributed by atoms with Gasteiger partial charge in [0.05, 0.1) is 17.4 Å². The number of hydrogen-bond acceptors (Lipinski definition) is 3. The van der Waals surface area contributed by atoms with E-state index in [0.29, 0.717) is 25.1 Å². The van der Waals surface area contributed by atoms with Crippen LogP contribution in [0.5, 0.6) is 0 Å². The Labute approximate surface area is 160 Å². The SMILES string of the molecule is CCC(=O)N1CCN(C(=O)c2cnn(-c3ccccc3C)c2C(F)(F)F)CC1. The monoisotopic (exact) mass is 394 g/mol.